The highest BCUT2D eigenvalue weighted by molar-refractivity contribution is 4.87. The Morgan fingerprint density at radius 2 is 2.09 bits per heavy atom. The first-order valence-corrected chi connectivity index (χ1v) is 4.88. The van der Waals surface area contributed by atoms with Crippen molar-refractivity contribution in [2.45, 2.75) is 33.1 Å². The Bertz CT molecular complexity index is 109. The maximum atomic E-state index is 3.25. The van der Waals surface area contributed by atoms with Crippen LogP contribution in [-0.4, -0.2) is 13.6 Å². The maximum absolute atomic E-state index is 3.25. The first kappa shape index (κ1) is 9.05. The number of rotatable bonds is 5. The van der Waals surface area contributed by atoms with Gasteiger partial charge in [0, 0.05) is 0 Å². The Hall–Kier alpha value is -0.0400. The summed E-state index contributed by atoms with van der Waals surface area (Å²) in [6.45, 7) is 5.87. The molecule has 66 valence electrons. The summed E-state index contributed by atoms with van der Waals surface area (Å²) in [5.74, 6) is 2.97. The van der Waals surface area contributed by atoms with Crippen molar-refractivity contribution in [2.75, 3.05) is 13.6 Å². The van der Waals surface area contributed by atoms with Gasteiger partial charge in [0.2, 0.25) is 0 Å². The molecular weight excluding hydrogens is 134 g/mol. The lowest BCUT2D eigenvalue weighted by Crippen LogP contribution is -2.10. The smallest absolute Gasteiger partial charge is 0.00208 e. The second-order valence-electron chi connectivity index (χ2n) is 4.28. The number of hydrogen-bond acceptors (Lipinski definition) is 1. The molecule has 0 radical (unpaired) electrons. The van der Waals surface area contributed by atoms with E-state index in [9.17, 15) is 0 Å². The molecule has 0 amide bonds. The molecular formula is C10H21N. The van der Waals surface area contributed by atoms with E-state index in [1.807, 2.05) is 0 Å². The van der Waals surface area contributed by atoms with E-state index < -0.39 is 0 Å². The third-order valence-electron chi connectivity index (χ3n) is 2.65. The quantitative estimate of drug-likeness (QED) is 0.642. The van der Waals surface area contributed by atoms with Gasteiger partial charge in [-0.2, -0.15) is 0 Å². The summed E-state index contributed by atoms with van der Waals surface area (Å²) >= 11 is 0. The molecule has 0 bridgehead atoms. The van der Waals surface area contributed by atoms with E-state index in [0.29, 0.717) is 0 Å². The summed E-state index contributed by atoms with van der Waals surface area (Å²) in [6, 6.07) is 0. The van der Waals surface area contributed by atoms with Crippen LogP contribution in [0.25, 0.3) is 0 Å². The molecule has 11 heavy (non-hydrogen) atoms. The van der Waals surface area contributed by atoms with Crippen molar-refractivity contribution in [1.82, 2.24) is 5.32 Å². The topological polar surface area (TPSA) is 12.0 Å². The van der Waals surface area contributed by atoms with Crippen LogP contribution in [0.15, 0.2) is 0 Å². The zero-order chi connectivity index (χ0) is 8.27. The van der Waals surface area contributed by atoms with Gasteiger partial charge >= 0.3 is 0 Å². The molecule has 2 atom stereocenters. The fraction of sp³-hybridized carbons (Fsp3) is 1.00. The van der Waals surface area contributed by atoms with E-state index in [-0.39, 0.29) is 0 Å². The van der Waals surface area contributed by atoms with E-state index in [4.69, 9.17) is 0 Å². The molecule has 0 aromatic rings. The molecule has 1 fully saturated rings. The van der Waals surface area contributed by atoms with Crippen molar-refractivity contribution in [3.63, 3.8) is 0 Å². The van der Waals surface area contributed by atoms with Crippen LogP contribution < -0.4 is 5.32 Å². The van der Waals surface area contributed by atoms with Crippen molar-refractivity contribution in [1.29, 1.82) is 0 Å². The molecule has 0 aliphatic heterocycles. The Labute approximate surface area is 70.6 Å². The Morgan fingerprint density at radius 1 is 1.36 bits per heavy atom. The molecule has 0 aromatic heterocycles. The first-order valence-electron chi connectivity index (χ1n) is 4.88. The van der Waals surface area contributed by atoms with Crippen LogP contribution >= 0.6 is 0 Å². The molecule has 1 N–H and O–H groups in total. The van der Waals surface area contributed by atoms with Gasteiger partial charge in [-0.15, -0.1) is 0 Å². The van der Waals surface area contributed by atoms with Crippen molar-refractivity contribution < 1.29 is 0 Å². The van der Waals surface area contributed by atoms with E-state index in [1.54, 1.807) is 0 Å². The summed E-state index contributed by atoms with van der Waals surface area (Å²) in [5.41, 5.74) is 0. The highest BCUT2D eigenvalue weighted by atomic mass is 14.8. The van der Waals surface area contributed by atoms with Crippen LogP contribution in [0.4, 0.5) is 0 Å². The summed E-state index contributed by atoms with van der Waals surface area (Å²) < 4.78 is 0. The normalized spacial score (nSPS) is 29.5. The lowest BCUT2D eigenvalue weighted by molar-refractivity contribution is 0.504. The van der Waals surface area contributed by atoms with Crippen LogP contribution in [0, 0.1) is 17.8 Å². The van der Waals surface area contributed by atoms with Gasteiger partial charge in [-0.05, 0) is 44.2 Å². The average molecular weight is 155 g/mol. The zero-order valence-electron chi connectivity index (χ0n) is 8.06. The molecule has 1 aliphatic carbocycles. The molecule has 1 rings (SSSR count). The molecule has 2 unspecified atom stereocenters. The molecule has 0 aromatic carbocycles. The summed E-state index contributed by atoms with van der Waals surface area (Å²) in [4.78, 5) is 0. The molecule has 1 saturated carbocycles. The van der Waals surface area contributed by atoms with E-state index in [2.05, 4.69) is 26.2 Å². The van der Waals surface area contributed by atoms with Crippen LogP contribution in [0.5, 0.6) is 0 Å². The third-order valence-corrected chi connectivity index (χ3v) is 2.65. The van der Waals surface area contributed by atoms with Gasteiger partial charge in [-0.3, -0.25) is 0 Å². The van der Waals surface area contributed by atoms with Gasteiger partial charge in [0.15, 0.2) is 0 Å². The van der Waals surface area contributed by atoms with Crippen molar-refractivity contribution in [2.24, 2.45) is 17.8 Å². The SMILES string of the molecule is CNCC1CC1CCC(C)C. The Balaban J connectivity index is 1.95. The van der Waals surface area contributed by atoms with E-state index in [1.165, 1.54) is 25.8 Å². The Morgan fingerprint density at radius 3 is 2.64 bits per heavy atom. The second kappa shape index (κ2) is 4.10. The minimum Gasteiger partial charge on any atom is -0.319 e. The molecule has 0 heterocycles. The van der Waals surface area contributed by atoms with Crippen LogP contribution in [-0.2, 0) is 0 Å². The van der Waals surface area contributed by atoms with Gasteiger partial charge in [-0.1, -0.05) is 20.3 Å². The lowest BCUT2D eigenvalue weighted by atomic mass is 10.0. The highest BCUT2D eigenvalue weighted by Gasteiger charge is 2.35. The maximum Gasteiger partial charge on any atom is -0.00208 e. The van der Waals surface area contributed by atoms with Crippen molar-refractivity contribution in [3.8, 4) is 0 Å². The average Bonchev–Trinajstić information content (AvgIpc) is 2.64. The number of nitrogens with one attached hydrogen (secondary N) is 1. The highest BCUT2D eigenvalue weighted by Crippen LogP contribution is 2.41. The van der Waals surface area contributed by atoms with Gasteiger partial charge in [0.25, 0.3) is 0 Å². The minimum absolute atomic E-state index is 0.894. The predicted molar refractivity (Wildman–Crippen MR) is 49.6 cm³/mol. The summed E-state index contributed by atoms with van der Waals surface area (Å²) in [7, 11) is 2.05. The van der Waals surface area contributed by atoms with E-state index >= 15 is 0 Å². The van der Waals surface area contributed by atoms with Crippen molar-refractivity contribution in [3.05, 3.63) is 0 Å². The summed E-state index contributed by atoms with van der Waals surface area (Å²) in [6.07, 6.45) is 4.36. The molecule has 0 spiro atoms. The van der Waals surface area contributed by atoms with E-state index in [0.717, 1.165) is 17.8 Å². The minimum atomic E-state index is 0.894. The van der Waals surface area contributed by atoms with Crippen LogP contribution in [0.2, 0.25) is 0 Å². The molecule has 1 heteroatoms. The molecule has 0 saturated heterocycles. The lowest BCUT2D eigenvalue weighted by Gasteiger charge is -2.02. The summed E-state index contributed by atoms with van der Waals surface area (Å²) in [5, 5.41) is 3.25. The zero-order valence-corrected chi connectivity index (χ0v) is 8.06. The van der Waals surface area contributed by atoms with Gasteiger partial charge in [-0.25, -0.2) is 0 Å². The van der Waals surface area contributed by atoms with Crippen LogP contribution in [0.3, 0.4) is 0 Å². The monoisotopic (exact) mass is 155 g/mol. The van der Waals surface area contributed by atoms with Gasteiger partial charge in [0.1, 0.15) is 0 Å². The largest absolute Gasteiger partial charge is 0.319 e. The Kier molecular flexibility index (Phi) is 3.38. The van der Waals surface area contributed by atoms with Gasteiger partial charge < -0.3 is 5.32 Å². The molecule has 1 aliphatic rings. The molecule has 1 nitrogen and oxygen atoms in total. The van der Waals surface area contributed by atoms with Gasteiger partial charge in [0.05, 0.1) is 0 Å². The number of hydrogen-bond donors (Lipinski definition) is 1. The van der Waals surface area contributed by atoms with Crippen LogP contribution in [0.1, 0.15) is 33.1 Å². The fourth-order valence-corrected chi connectivity index (χ4v) is 1.72. The van der Waals surface area contributed by atoms with Crippen molar-refractivity contribution >= 4 is 0 Å². The second-order valence-corrected chi connectivity index (χ2v) is 4.28. The fourth-order valence-electron chi connectivity index (χ4n) is 1.72. The first-order chi connectivity index (χ1) is 5.24. The predicted octanol–water partition coefficient (Wildman–Crippen LogP) is 2.28. The third kappa shape index (κ3) is 3.24. The standard InChI is InChI=1S/C10H21N/c1-8(2)4-5-9-6-10(9)7-11-3/h8-11H,4-7H2,1-3H3.